The molecule has 0 aliphatic rings. The average Bonchev–Trinajstić information content (AvgIpc) is 2.32. The minimum absolute atomic E-state index is 0.00441. The van der Waals surface area contributed by atoms with E-state index in [1.165, 1.54) is 0 Å². The molecule has 0 unspecified atom stereocenters. The molecular formula is C13H28O4. The van der Waals surface area contributed by atoms with Crippen LogP contribution in [0, 0.1) is 0 Å². The molecule has 0 saturated heterocycles. The number of aliphatic hydroxyl groups is 1. The molecule has 0 spiro atoms. The molecule has 0 saturated carbocycles. The van der Waals surface area contributed by atoms with Gasteiger partial charge in [0.05, 0.1) is 38.1 Å². The fourth-order valence-electron chi connectivity index (χ4n) is 1.32. The van der Waals surface area contributed by atoms with Crippen molar-refractivity contribution in [3.63, 3.8) is 0 Å². The first-order chi connectivity index (χ1) is 8.10. The Morgan fingerprint density at radius 1 is 1.00 bits per heavy atom. The summed E-state index contributed by atoms with van der Waals surface area (Å²) in [4.78, 5) is 0. The molecule has 0 aromatic heterocycles. The summed E-state index contributed by atoms with van der Waals surface area (Å²) in [7, 11) is 0. The van der Waals surface area contributed by atoms with Gasteiger partial charge in [0, 0.05) is 6.61 Å². The molecule has 17 heavy (non-hydrogen) atoms. The predicted molar refractivity (Wildman–Crippen MR) is 68.2 cm³/mol. The highest BCUT2D eigenvalue weighted by Crippen LogP contribution is 2.01. The molecule has 0 bridgehead atoms. The highest BCUT2D eigenvalue weighted by atomic mass is 16.6. The van der Waals surface area contributed by atoms with Gasteiger partial charge in [-0.2, -0.15) is 0 Å². The summed E-state index contributed by atoms with van der Waals surface area (Å²) in [6, 6.07) is 0. The van der Waals surface area contributed by atoms with E-state index in [2.05, 4.69) is 6.92 Å². The smallest absolute Gasteiger partial charge is 0.0785 e. The fraction of sp³-hybridized carbons (Fsp3) is 1.00. The predicted octanol–water partition coefficient (Wildman–Crippen LogP) is 1.99. The van der Waals surface area contributed by atoms with Crippen molar-refractivity contribution in [2.24, 2.45) is 0 Å². The van der Waals surface area contributed by atoms with Gasteiger partial charge in [0.2, 0.25) is 0 Å². The second-order valence-electron chi connectivity index (χ2n) is 4.51. The van der Waals surface area contributed by atoms with Crippen LogP contribution in [0.15, 0.2) is 0 Å². The lowest BCUT2D eigenvalue weighted by atomic mass is 10.3. The molecule has 0 heterocycles. The summed E-state index contributed by atoms with van der Waals surface area (Å²) in [5.41, 5.74) is 0. The largest absolute Gasteiger partial charge is 0.394 e. The van der Waals surface area contributed by atoms with Crippen LogP contribution < -0.4 is 0 Å². The third-order valence-electron chi connectivity index (χ3n) is 2.33. The molecule has 0 amide bonds. The lowest BCUT2D eigenvalue weighted by molar-refractivity contribution is -0.0845. The van der Waals surface area contributed by atoms with E-state index in [1.54, 1.807) is 0 Å². The van der Waals surface area contributed by atoms with E-state index in [-0.39, 0.29) is 24.9 Å². The van der Waals surface area contributed by atoms with Crippen molar-refractivity contribution in [3.8, 4) is 0 Å². The third kappa shape index (κ3) is 10.7. The molecule has 0 aliphatic carbocycles. The fourth-order valence-corrected chi connectivity index (χ4v) is 1.32. The maximum absolute atomic E-state index is 8.84. The van der Waals surface area contributed by atoms with E-state index in [4.69, 9.17) is 19.3 Å². The number of aliphatic hydroxyl groups excluding tert-OH is 1. The molecule has 0 radical (unpaired) electrons. The van der Waals surface area contributed by atoms with Gasteiger partial charge >= 0.3 is 0 Å². The molecule has 0 aromatic carbocycles. The Morgan fingerprint density at radius 3 is 2.29 bits per heavy atom. The Balaban J connectivity index is 3.45. The highest BCUT2D eigenvalue weighted by Gasteiger charge is 2.10. The van der Waals surface area contributed by atoms with E-state index in [0.717, 1.165) is 19.4 Å². The molecule has 4 heteroatoms. The van der Waals surface area contributed by atoms with Crippen LogP contribution >= 0.6 is 0 Å². The van der Waals surface area contributed by atoms with E-state index in [0.29, 0.717) is 13.2 Å². The van der Waals surface area contributed by atoms with Gasteiger partial charge in [0.1, 0.15) is 0 Å². The first-order valence-corrected chi connectivity index (χ1v) is 6.55. The minimum Gasteiger partial charge on any atom is -0.394 e. The molecule has 0 fully saturated rings. The second kappa shape index (κ2) is 11.0. The van der Waals surface area contributed by atoms with Gasteiger partial charge in [-0.3, -0.25) is 0 Å². The van der Waals surface area contributed by atoms with Gasteiger partial charge in [-0.05, 0) is 27.2 Å². The van der Waals surface area contributed by atoms with Crippen molar-refractivity contribution >= 4 is 0 Å². The number of hydrogen-bond acceptors (Lipinski definition) is 4. The van der Waals surface area contributed by atoms with E-state index in [1.807, 2.05) is 20.8 Å². The molecular weight excluding hydrogens is 220 g/mol. The van der Waals surface area contributed by atoms with E-state index < -0.39 is 0 Å². The molecule has 0 rings (SSSR count). The number of unbranched alkanes of at least 4 members (excludes halogenated alkanes) is 1. The summed E-state index contributed by atoms with van der Waals surface area (Å²) < 4.78 is 16.5. The van der Waals surface area contributed by atoms with Gasteiger partial charge in [0.15, 0.2) is 0 Å². The van der Waals surface area contributed by atoms with Gasteiger partial charge in [0.25, 0.3) is 0 Å². The summed E-state index contributed by atoms with van der Waals surface area (Å²) in [6.45, 7) is 9.92. The zero-order valence-electron chi connectivity index (χ0n) is 11.6. The molecule has 0 aromatic rings. The number of hydrogen-bond donors (Lipinski definition) is 1. The van der Waals surface area contributed by atoms with Gasteiger partial charge in [-0.15, -0.1) is 0 Å². The van der Waals surface area contributed by atoms with Crippen molar-refractivity contribution in [1.82, 2.24) is 0 Å². The van der Waals surface area contributed by atoms with E-state index >= 15 is 0 Å². The van der Waals surface area contributed by atoms with Crippen molar-refractivity contribution in [2.75, 3.05) is 26.4 Å². The standard InChI is InChI=1S/C13H28O4/c1-5-6-7-15-9-12(3)16-10-13(4)17-11(2)8-14/h11-14H,5-10H2,1-4H3/t11-,12+,13+/m0/s1. The second-order valence-corrected chi connectivity index (χ2v) is 4.51. The van der Waals surface area contributed by atoms with Crippen LogP contribution in [0.5, 0.6) is 0 Å². The Morgan fingerprint density at radius 2 is 1.71 bits per heavy atom. The van der Waals surface area contributed by atoms with Crippen molar-refractivity contribution in [3.05, 3.63) is 0 Å². The monoisotopic (exact) mass is 248 g/mol. The average molecular weight is 248 g/mol. The van der Waals surface area contributed by atoms with E-state index in [9.17, 15) is 0 Å². The summed E-state index contributed by atoms with van der Waals surface area (Å²) >= 11 is 0. The summed E-state index contributed by atoms with van der Waals surface area (Å²) in [5.74, 6) is 0. The highest BCUT2D eigenvalue weighted by molar-refractivity contribution is 4.55. The topological polar surface area (TPSA) is 47.9 Å². The molecule has 3 atom stereocenters. The lowest BCUT2D eigenvalue weighted by Crippen LogP contribution is -2.27. The molecule has 0 aliphatic heterocycles. The zero-order valence-corrected chi connectivity index (χ0v) is 11.6. The van der Waals surface area contributed by atoms with Crippen LogP contribution in [0.2, 0.25) is 0 Å². The minimum atomic E-state index is -0.135. The van der Waals surface area contributed by atoms with Gasteiger partial charge in [-0.25, -0.2) is 0 Å². The molecule has 104 valence electrons. The van der Waals surface area contributed by atoms with Crippen LogP contribution in [0.4, 0.5) is 0 Å². The van der Waals surface area contributed by atoms with Crippen molar-refractivity contribution in [2.45, 2.75) is 58.8 Å². The third-order valence-corrected chi connectivity index (χ3v) is 2.33. The zero-order chi connectivity index (χ0) is 13.1. The maximum atomic E-state index is 8.84. The van der Waals surface area contributed by atoms with Crippen molar-refractivity contribution < 1.29 is 19.3 Å². The quantitative estimate of drug-likeness (QED) is 0.568. The SMILES string of the molecule is CCCCOC[C@@H](C)OC[C@@H](C)O[C@@H](C)CO. The Bertz CT molecular complexity index is 163. The molecule has 4 nitrogen and oxygen atoms in total. The van der Waals surface area contributed by atoms with Gasteiger partial charge < -0.3 is 19.3 Å². The van der Waals surface area contributed by atoms with Crippen molar-refractivity contribution in [1.29, 1.82) is 0 Å². The molecule has 1 N–H and O–H groups in total. The Hall–Kier alpha value is -0.160. The van der Waals surface area contributed by atoms with Crippen LogP contribution in [-0.2, 0) is 14.2 Å². The first-order valence-electron chi connectivity index (χ1n) is 6.55. The van der Waals surface area contributed by atoms with Crippen LogP contribution in [-0.4, -0.2) is 49.8 Å². The van der Waals surface area contributed by atoms with Crippen LogP contribution in [0.3, 0.4) is 0 Å². The Labute approximate surface area is 105 Å². The summed E-state index contributed by atoms with van der Waals surface area (Å²) in [5, 5.41) is 8.84. The normalized spacial score (nSPS) is 16.8. The number of ether oxygens (including phenoxy) is 3. The maximum Gasteiger partial charge on any atom is 0.0785 e. The first kappa shape index (κ1) is 16.8. The Kier molecular flexibility index (Phi) is 10.9. The summed E-state index contributed by atoms with van der Waals surface area (Å²) in [6.07, 6.45) is 2.20. The number of rotatable bonds is 11. The lowest BCUT2D eigenvalue weighted by Gasteiger charge is -2.20. The van der Waals surface area contributed by atoms with Crippen LogP contribution in [0.25, 0.3) is 0 Å². The van der Waals surface area contributed by atoms with Gasteiger partial charge in [-0.1, -0.05) is 13.3 Å². The van der Waals surface area contributed by atoms with Crippen LogP contribution in [0.1, 0.15) is 40.5 Å².